The molecular formula is C12H13Br3. The Labute approximate surface area is 115 Å². The molecule has 0 saturated heterocycles. The van der Waals surface area contributed by atoms with Crippen LogP contribution in [0.3, 0.4) is 0 Å². The van der Waals surface area contributed by atoms with Crippen LogP contribution in [0.4, 0.5) is 0 Å². The average molecular weight is 397 g/mol. The lowest BCUT2D eigenvalue weighted by Gasteiger charge is -2.40. The fourth-order valence-electron chi connectivity index (χ4n) is 7.03. The second kappa shape index (κ2) is 2.18. The van der Waals surface area contributed by atoms with E-state index in [2.05, 4.69) is 54.7 Å². The Morgan fingerprint density at radius 2 is 1.73 bits per heavy atom. The molecule has 6 bridgehead atoms. The standard InChI is InChI=1S/C12H13Br3/c1-11-7-4-2-3-5(6(4)10(11)13)9(11)12(14,15)8(3)7/h3-10H,2H2,1H3/t3-,4+,5+,6-,7-,8+,9+,10+,11-/m1/s1. The highest BCUT2D eigenvalue weighted by Crippen LogP contribution is 2.92. The predicted molar refractivity (Wildman–Crippen MR) is 70.5 cm³/mol. The van der Waals surface area contributed by atoms with Crippen LogP contribution in [0.1, 0.15) is 13.3 Å². The Balaban J connectivity index is 1.88. The molecule has 0 N–H and O–H groups in total. The lowest BCUT2D eigenvalue weighted by Crippen LogP contribution is -2.37. The van der Waals surface area contributed by atoms with Crippen LogP contribution in [0.15, 0.2) is 0 Å². The molecule has 82 valence electrons. The van der Waals surface area contributed by atoms with Gasteiger partial charge in [-0.1, -0.05) is 54.7 Å². The predicted octanol–water partition coefficient (Wildman–Crippen LogP) is 4.01. The molecule has 0 nitrogen and oxygen atoms in total. The van der Waals surface area contributed by atoms with Gasteiger partial charge in [0.2, 0.25) is 0 Å². The largest absolute Gasteiger partial charge is 0.0881 e. The highest BCUT2D eigenvalue weighted by molar-refractivity contribution is 9.25. The van der Waals surface area contributed by atoms with Crippen molar-refractivity contribution in [3.8, 4) is 0 Å². The number of halogens is 3. The molecule has 6 saturated carbocycles. The quantitative estimate of drug-likeness (QED) is 0.543. The normalized spacial score (nSPS) is 79.2. The topological polar surface area (TPSA) is 0 Å². The molecule has 6 aliphatic carbocycles. The van der Waals surface area contributed by atoms with Gasteiger partial charge in [-0.2, -0.15) is 0 Å². The zero-order valence-corrected chi connectivity index (χ0v) is 13.2. The minimum absolute atomic E-state index is 0.292. The van der Waals surface area contributed by atoms with E-state index in [4.69, 9.17) is 0 Å². The van der Waals surface area contributed by atoms with Crippen LogP contribution in [0.2, 0.25) is 0 Å². The molecule has 0 aromatic heterocycles. The van der Waals surface area contributed by atoms with Crippen molar-refractivity contribution in [2.75, 3.05) is 0 Å². The Morgan fingerprint density at radius 1 is 1.07 bits per heavy atom. The molecule has 0 amide bonds. The van der Waals surface area contributed by atoms with E-state index in [1.54, 1.807) is 0 Å². The molecule has 6 aliphatic rings. The summed E-state index contributed by atoms with van der Waals surface area (Å²) in [4.78, 5) is 0.807. The van der Waals surface area contributed by atoms with E-state index in [0.717, 1.165) is 46.3 Å². The van der Waals surface area contributed by atoms with Crippen LogP contribution in [0.25, 0.3) is 0 Å². The first kappa shape index (κ1) is 9.38. The van der Waals surface area contributed by atoms with E-state index < -0.39 is 0 Å². The van der Waals surface area contributed by atoms with Gasteiger partial charge in [0.1, 0.15) is 0 Å². The minimum atomic E-state index is 0.292. The molecule has 0 spiro atoms. The maximum Gasteiger partial charge on any atom is 0.0875 e. The summed E-state index contributed by atoms with van der Waals surface area (Å²) in [6.07, 6.45) is 1.54. The highest BCUT2D eigenvalue weighted by Gasteiger charge is 2.90. The Hall–Kier alpha value is 1.44. The van der Waals surface area contributed by atoms with Crippen LogP contribution in [-0.4, -0.2) is 8.06 Å². The smallest absolute Gasteiger partial charge is 0.0875 e. The summed E-state index contributed by atoms with van der Waals surface area (Å²) in [5, 5.41) is 0. The van der Waals surface area contributed by atoms with E-state index in [0.29, 0.717) is 8.65 Å². The van der Waals surface area contributed by atoms with Gasteiger partial charge in [0.25, 0.3) is 0 Å². The summed E-state index contributed by atoms with van der Waals surface area (Å²) in [7, 11) is 0. The fourth-order valence-corrected chi connectivity index (χ4v) is 11.2. The van der Waals surface area contributed by atoms with Crippen LogP contribution >= 0.6 is 47.8 Å². The minimum Gasteiger partial charge on any atom is -0.0881 e. The van der Waals surface area contributed by atoms with Gasteiger partial charge in [-0.3, -0.25) is 0 Å². The Morgan fingerprint density at radius 3 is 2.40 bits per heavy atom. The molecule has 6 rings (SSSR count). The molecule has 3 heteroatoms. The SMILES string of the molecule is C[C@]12[C@@H]3[C@H]4C[C@@H]5[C@@H]([C@@H]4[C@@H]1Br)[C@@H]2C(Br)(Br)[C@@H]53. The van der Waals surface area contributed by atoms with Crippen LogP contribution in [0, 0.1) is 46.8 Å². The van der Waals surface area contributed by atoms with Gasteiger partial charge in [-0.15, -0.1) is 0 Å². The molecule has 15 heavy (non-hydrogen) atoms. The van der Waals surface area contributed by atoms with Gasteiger partial charge in [-0.25, -0.2) is 0 Å². The van der Waals surface area contributed by atoms with Crippen molar-refractivity contribution in [3.63, 3.8) is 0 Å². The summed E-state index contributed by atoms with van der Waals surface area (Å²) in [6, 6.07) is 0. The summed E-state index contributed by atoms with van der Waals surface area (Å²) < 4.78 is 0.292. The summed E-state index contributed by atoms with van der Waals surface area (Å²) in [5.74, 6) is 6.98. The second-order valence-corrected chi connectivity index (χ2v) is 11.4. The average Bonchev–Trinajstić information content (AvgIpc) is 2.81. The van der Waals surface area contributed by atoms with Crippen molar-refractivity contribution >= 4 is 47.8 Å². The van der Waals surface area contributed by atoms with Crippen molar-refractivity contribution in [1.29, 1.82) is 0 Å². The van der Waals surface area contributed by atoms with Crippen molar-refractivity contribution in [3.05, 3.63) is 0 Å². The first-order valence-corrected chi connectivity index (χ1v) is 8.52. The maximum absolute atomic E-state index is 4.05. The van der Waals surface area contributed by atoms with Crippen molar-refractivity contribution < 1.29 is 0 Å². The van der Waals surface area contributed by atoms with Gasteiger partial charge >= 0.3 is 0 Å². The van der Waals surface area contributed by atoms with Gasteiger partial charge in [-0.05, 0) is 53.3 Å². The van der Waals surface area contributed by atoms with Gasteiger partial charge in [0, 0.05) is 4.83 Å². The van der Waals surface area contributed by atoms with E-state index in [1.165, 1.54) is 6.42 Å². The van der Waals surface area contributed by atoms with Gasteiger partial charge in [0.15, 0.2) is 0 Å². The maximum atomic E-state index is 4.05. The first-order chi connectivity index (χ1) is 7.00. The zero-order chi connectivity index (χ0) is 10.3. The summed E-state index contributed by atoms with van der Waals surface area (Å²) in [6.45, 7) is 2.56. The molecule has 0 aromatic carbocycles. The molecular weight excluding hydrogens is 384 g/mol. The summed E-state index contributed by atoms with van der Waals surface area (Å²) in [5.41, 5.74) is 0.588. The zero-order valence-electron chi connectivity index (χ0n) is 8.46. The van der Waals surface area contributed by atoms with E-state index in [-0.39, 0.29) is 0 Å². The molecule has 0 radical (unpaired) electrons. The van der Waals surface area contributed by atoms with E-state index in [9.17, 15) is 0 Å². The molecule has 0 unspecified atom stereocenters. The number of hydrogen-bond acceptors (Lipinski definition) is 0. The first-order valence-electron chi connectivity index (χ1n) is 6.02. The van der Waals surface area contributed by atoms with Crippen molar-refractivity contribution in [2.45, 2.75) is 21.4 Å². The number of rotatable bonds is 0. The third kappa shape index (κ3) is 0.613. The number of hydrogen-bond donors (Lipinski definition) is 0. The lowest BCUT2D eigenvalue weighted by molar-refractivity contribution is 0.0700. The molecule has 9 atom stereocenters. The monoisotopic (exact) mass is 394 g/mol. The lowest BCUT2D eigenvalue weighted by atomic mass is 9.64. The highest BCUT2D eigenvalue weighted by atomic mass is 79.9. The Kier molecular flexibility index (Phi) is 1.36. The number of alkyl halides is 3. The van der Waals surface area contributed by atoms with E-state index in [1.807, 2.05) is 0 Å². The van der Waals surface area contributed by atoms with Gasteiger partial charge < -0.3 is 0 Å². The fraction of sp³-hybridized carbons (Fsp3) is 1.00. The third-order valence-electron chi connectivity index (χ3n) is 6.85. The van der Waals surface area contributed by atoms with Crippen molar-refractivity contribution in [1.82, 2.24) is 0 Å². The third-order valence-corrected chi connectivity index (χ3v) is 10.5. The molecule has 6 fully saturated rings. The molecule has 0 heterocycles. The van der Waals surface area contributed by atoms with Crippen LogP contribution in [-0.2, 0) is 0 Å². The summed E-state index contributed by atoms with van der Waals surface area (Å²) >= 11 is 12.2. The van der Waals surface area contributed by atoms with Gasteiger partial charge in [0.05, 0.1) is 3.23 Å². The van der Waals surface area contributed by atoms with Crippen LogP contribution in [0.5, 0.6) is 0 Å². The Bertz CT molecular complexity index is 390. The second-order valence-electron chi connectivity index (χ2n) is 6.69. The molecule has 0 aliphatic heterocycles. The molecule has 0 aromatic rings. The van der Waals surface area contributed by atoms with E-state index >= 15 is 0 Å². The van der Waals surface area contributed by atoms with Crippen molar-refractivity contribution in [2.24, 2.45) is 46.8 Å². The van der Waals surface area contributed by atoms with Crippen LogP contribution < -0.4 is 0 Å².